The minimum Gasteiger partial charge on any atom is -0.379 e. The maximum absolute atomic E-state index is 12.3. The summed E-state index contributed by atoms with van der Waals surface area (Å²) in [7, 11) is 0. The summed E-state index contributed by atoms with van der Waals surface area (Å²) >= 11 is 0. The molecule has 1 saturated heterocycles. The quantitative estimate of drug-likeness (QED) is 0.643. The molecule has 1 fully saturated rings. The summed E-state index contributed by atoms with van der Waals surface area (Å²) < 4.78 is 5.42. The molecule has 3 N–H and O–H groups in total. The van der Waals surface area contributed by atoms with Crippen LogP contribution < -0.4 is 11.1 Å². The fourth-order valence-electron chi connectivity index (χ4n) is 3.01. The van der Waals surface area contributed by atoms with Crippen LogP contribution in [-0.2, 0) is 9.53 Å². The molecule has 1 aromatic rings. The normalized spacial score (nSPS) is 16.7. The van der Waals surface area contributed by atoms with Crippen LogP contribution in [0.2, 0.25) is 0 Å². The number of nitrogens with one attached hydrogen (secondary N) is 1. The zero-order valence-electron chi connectivity index (χ0n) is 14.6. The lowest BCUT2D eigenvalue weighted by atomic mass is 10.1. The van der Waals surface area contributed by atoms with Gasteiger partial charge in [0.25, 0.3) is 0 Å². The van der Waals surface area contributed by atoms with Crippen molar-refractivity contribution in [3.8, 4) is 0 Å². The van der Waals surface area contributed by atoms with E-state index < -0.39 is 0 Å². The largest absolute Gasteiger partial charge is 0.379 e. The number of unbranched alkanes of at least 4 members (excludes halogenated alkanes) is 3. The molecular formula is C19H31N3O2. The van der Waals surface area contributed by atoms with Gasteiger partial charge >= 0.3 is 0 Å². The Morgan fingerprint density at radius 2 is 1.83 bits per heavy atom. The Labute approximate surface area is 145 Å². The predicted molar refractivity (Wildman–Crippen MR) is 96.7 cm³/mol. The van der Waals surface area contributed by atoms with Crippen molar-refractivity contribution in [2.24, 2.45) is 5.73 Å². The van der Waals surface area contributed by atoms with E-state index in [1.165, 1.54) is 5.56 Å². The molecule has 5 nitrogen and oxygen atoms in total. The summed E-state index contributed by atoms with van der Waals surface area (Å²) in [5.74, 6) is 0.143. The van der Waals surface area contributed by atoms with Crippen molar-refractivity contribution < 1.29 is 9.53 Å². The van der Waals surface area contributed by atoms with Crippen LogP contribution in [0.25, 0.3) is 0 Å². The van der Waals surface area contributed by atoms with Crippen LogP contribution in [0.1, 0.15) is 43.7 Å². The van der Waals surface area contributed by atoms with Gasteiger partial charge in [-0.1, -0.05) is 43.2 Å². The van der Waals surface area contributed by atoms with Crippen LogP contribution in [0, 0.1) is 0 Å². The zero-order valence-corrected chi connectivity index (χ0v) is 14.6. The van der Waals surface area contributed by atoms with Gasteiger partial charge in [0.2, 0.25) is 5.91 Å². The predicted octanol–water partition coefficient (Wildman–Crippen LogP) is 2.09. The van der Waals surface area contributed by atoms with Crippen molar-refractivity contribution in [1.29, 1.82) is 0 Å². The van der Waals surface area contributed by atoms with Gasteiger partial charge in [-0.3, -0.25) is 9.69 Å². The average Bonchev–Trinajstić information content (AvgIpc) is 2.62. The van der Waals surface area contributed by atoms with E-state index in [4.69, 9.17) is 10.5 Å². The smallest absolute Gasteiger partial charge is 0.220 e. The summed E-state index contributed by atoms with van der Waals surface area (Å²) in [5.41, 5.74) is 6.66. The fraction of sp³-hybridized carbons (Fsp3) is 0.632. The third kappa shape index (κ3) is 6.99. The van der Waals surface area contributed by atoms with E-state index >= 15 is 0 Å². The first-order chi connectivity index (χ1) is 11.8. The molecule has 0 aliphatic carbocycles. The summed E-state index contributed by atoms with van der Waals surface area (Å²) in [6.07, 6.45) is 4.76. The van der Waals surface area contributed by atoms with E-state index in [9.17, 15) is 4.79 Å². The van der Waals surface area contributed by atoms with Crippen LogP contribution >= 0.6 is 0 Å². The summed E-state index contributed by atoms with van der Waals surface area (Å²) in [4.78, 5) is 14.7. The molecule has 2 rings (SSSR count). The fourth-order valence-corrected chi connectivity index (χ4v) is 3.01. The van der Waals surface area contributed by atoms with Gasteiger partial charge in [0.15, 0.2) is 0 Å². The molecule has 0 saturated carbocycles. The SMILES string of the molecule is NCCCCCCC(=O)NC(CN1CCOCC1)c1ccccc1. The molecule has 0 spiro atoms. The highest BCUT2D eigenvalue weighted by molar-refractivity contribution is 5.76. The molecule has 0 aromatic heterocycles. The van der Waals surface area contributed by atoms with E-state index in [1.807, 2.05) is 18.2 Å². The first-order valence-corrected chi connectivity index (χ1v) is 9.14. The monoisotopic (exact) mass is 333 g/mol. The molecule has 1 amide bonds. The second-order valence-corrected chi connectivity index (χ2v) is 6.40. The minimum absolute atomic E-state index is 0.0424. The van der Waals surface area contributed by atoms with E-state index in [0.29, 0.717) is 6.42 Å². The first-order valence-electron chi connectivity index (χ1n) is 9.14. The van der Waals surface area contributed by atoms with Gasteiger partial charge in [0.1, 0.15) is 0 Å². The molecule has 1 aliphatic rings. The van der Waals surface area contributed by atoms with Gasteiger partial charge < -0.3 is 15.8 Å². The number of carbonyl (C=O) groups is 1. The molecule has 0 radical (unpaired) electrons. The first kappa shape index (κ1) is 18.9. The van der Waals surface area contributed by atoms with Crippen molar-refractivity contribution in [3.63, 3.8) is 0 Å². The Bertz CT molecular complexity index is 461. The van der Waals surface area contributed by atoms with Crippen LogP contribution in [0.3, 0.4) is 0 Å². The summed E-state index contributed by atoms with van der Waals surface area (Å²) in [5, 5.41) is 3.23. The van der Waals surface area contributed by atoms with Crippen molar-refractivity contribution >= 4 is 5.91 Å². The highest BCUT2D eigenvalue weighted by Crippen LogP contribution is 2.16. The number of amides is 1. The Hall–Kier alpha value is -1.43. The minimum atomic E-state index is 0.0424. The molecular weight excluding hydrogens is 302 g/mol. The highest BCUT2D eigenvalue weighted by atomic mass is 16.5. The van der Waals surface area contributed by atoms with Gasteiger partial charge in [-0.05, 0) is 24.9 Å². The lowest BCUT2D eigenvalue weighted by Crippen LogP contribution is -2.43. The Balaban J connectivity index is 1.84. The lowest BCUT2D eigenvalue weighted by Gasteiger charge is -2.31. The van der Waals surface area contributed by atoms with E-state index in [-0.39, 0.29) is 11.9 Å². The standard InChI is InChI=1S/C19H31N3O2/c20-11-7-2-1-6-10-19(23)21-18(17-8-4-3-5-9-17)16-22-12-14-24-15-13-22/h3-5,8-9,18H,1-2,6-7,10-16,20H2,(H,21,23). The maximum Gasteiger partial charge on any atom is 0.220 e. The number of nitrogens with zero attached hydrogens (tertiary/aromatic N) is 1. The number of carbonyl (C=O) groups excluding carboxylic acids is 1. The van der Waals surface area contributed by atoms with E-state index in [1.54, 1.807) is 0 Å². The Morgan fingerprint density at radius 3 is 2.54 bits per heavy atom. The zero-order chi connectivity index (χ0) is 17.0. The second kappa shape index (κ2) is 11.2. The molecule has 1 heterocycles. The molecule has 1 aromatic carbocycles. The maximum atomic E-state index is 12.3. The number of ether oxygens (including phenoxy) is 1. The number of benzene rings is 1. The molecule has 1 aliphatic heterocycles. The van der Waals surface area contributed by atoms with Crippen LogP contribution in [-0.4, -0.2) is 50.2 Å². The third-order valence-corrected chi connectivity index (χ3v) is 4.44. The highest BCUT2D eigenvalue weighted by Gasteiger charge is 2.19. The second-order valence-electron chi connectivity index (χ2n) is 6.40. The number of hydrogen-bond donors (Lipinski definition) is 2. The molecule has 1 unspecified atom stereocenters. The number of morpholine rings is 1. The third-order valence-electron chi connectivity index (χ3n) is 4.44. The number of hydrogen-bond acceptors (Lipinski definition) is 4. The molecule has 134 valence electrons. The van der Waals surface area contributed by atoms with E-state index in [0.717, 1.165) is 65.1 Å². The van der Waals surface area contributed by atoms with Crippen LogP contribution in [0.5, 0.6) is 0 Å². The van der Waals surface area contributed by atoms with Gasteiger partial charge in [-0.2, -0.15) is 0 Å². The van der Waals surface area contributed by atoms with Crippen LogP contribution in [0.4, 0.5) is 0 Å². The summed E-state index contributed by atoms with van der Waals surface area (Å²) in [6.45, 7) is 4.98. The molecule has 1 atom stereocenters. The van der Waals surface area contributed by atoms with Crippen LogP contribution in [0.15, 0.2) is 30.3 Å². The van der Waals surface area contributed by atoms with Gasteiger partial charge in [0, 0.05) is 26.1 Å². The van der Waals surface area contributed by atoms with Crippen molar-refractivity contribution in [2.45, 2.75) is 38.1 Å². The average molecular weight is 333 g/mol. The number of rotatable bonds is 10. The molecule has 5 heteroatoms. The van der Waals surface area contributed by atoms with Gasteiger partial charge in [-0.25, -0.2) is 0 Å². The molecule has 0 bridgehead atoms. The Morgan fingerprint density at radius 1 is 1.12 bits per heavy atom. The summed E-state index contributed by atoms with van der Waals surface area (Å²) in [6, 6.07) is 10.3. The molecule has 24 heavy (non-hydrogen) atoms. The van der Waals surface area contributed by atoms with Gasteiger partial charge in [-0.15, -0.1) is 0 Å². The Kier molecular flexibility index (Phi) is 8.81. The number of nitrogens with two attached hydrogens (primary N) is 1. The van der Waals surface area contributed by atoms with Crippen molar-refractivity contribution in [1.82, 2.24) is 10.2 Å². The van der Waals surface area contributed by atoms with E-state index in [2.05, 4.69) is 22.3 Å². The van der Waals surface area contributed by atoms with Crippen molar-refractivity contribution in [3.05, 3.63) is 35.9 Å². The topological polar surface area (TPSA) is 67.6 Å². The van der Waals surface area contributed by atoms with Crippen molar-refractivity contribution in [2.75, 3.05) is 39.4 Å². The lowest BCUT2D eigenvalue weighted by molar-refractivity contribution is -0.122. The van der Waals surface area contributed by atoms with Gasteiger partial charge in [0.05, 0.1) is 19.3 Å².